The Bertz CT molecular complexity index is 322. The number of hydrazine groups is 1. The molecule has 0 amide bonds. The molecule has 0 aliphatic heterocycles. The Balaban J connectivity index is 2.77. The lowest BCUT2D eigenvalue weighted by Gasteiger charge is -2.18. The Hall–Kier alpha value is -0.910. The van der Waals surface area contributed by atoms with E-state index < -0.39 is 0 Å². The van der Waals surface area contributed by atoms with Crippen molar-refractivity contribution >= 4 is 0 Å². The standard InChI is InChI=1S/C11H22N4O/c1-5-15-11(6-9(4)14-15)10(13-12)7-16-8(2)3/h6,8,10,13H,5,7,12H2,1-4H3. The molecule has 0 bridgehead atoms. The third-order valence-electron chi connectivity index (χ3n) is 2.39. The fourth-order valence-corrected chi connectivity index (χ4v) is 1.61. The van der Waals surface area contributed by atoms with Crippen molar-refractivity contribution in [3.63, 3.8) is 0 Å². The van der Waals surface area contributed by atoms with Gasteiger partial charge in [0.1, 0.15) is 0 Å². The number of aryl methyl sites for hydroxylation is 2. The van der Waals surface area contributed by atoms with Crippen molar-refractivity contribution in [2.75, 3.05) is 6.61 Å². The van der Waals surface area contributed by atoms with Crippen LogP contribution in [0.4, 0.5) is 0 Å². The van der Waals surface area contributed by atoms with Crippen molar-refractivity contribution < 1.29 is 4.74 Å². The number of rotatable bonds is 6. The second kappa shape index (κ2) is 5.98. The Morgan fingerprint density at radius 2 is 2.25 bits per heavy atom. The molecule has 1 unspecified atom stereocenters. The van der Waals surface area contributed by atoms with Crippen LogP contribution in [0.3, 0.4) is 0 Å². The van der Waals surface area contributed by atoms with Gasteiger partial charge in [0, 0.05) is 6.54 Å². The minimum Gasteiger partial charge on any atom is -0.377 e. The summed E-state index contributed by atoms with van der Waals surface area (Å²) < 4.78 is 7.52. The van der Waals surface area contributed by atoms with E-state index in [2.05, 4.69) is 17.4 Å². The Morgan fingerprint density at radius 3 is 2.75 bits per heavy atom. The molecule has 0 radical (unpaired) electrons. The summed E-state index contributed by atoms with van der Waals surface area (Å²) in [6, 6.07) is 2.03. The number of nitrogens with one attached hydrogen (secondary N) is 1. The molecule has 0 saturated carbocycles. The first kappa shape index (κ1) is 13.2. The number of nitrogens with zero attached hydrogens (tertiary/aromatic N) is 2. The van der Waals surface area contributed by atoms with Crippen molar-refractivity contribution in [1.82, 2.24) is 15.2 Å². The zero-order chi connectivity index (χ0) is 12.1. The first-order chi connectivity index (χ1) is 7.58. The van der Waals surface area contributed by atoms with E-state index in [1.54, 1.807) is 0 Å². The first-order valence-corrected chi connectivity index (χ1v) is 5.70. The molecule has 1 aromatic rings. The average molecular weight is 226 g/mol. The maximum Gasteiger partial charge on any atom is 0.0862 e. The van der Waals surface area contributed by atoms with E-state index in [1.165, 1.54) is 0 Å². The highest BCUT2D eigenvalue weighted by Gasteiger charge is 2.16. The van der Waals surface area contributed by atoms with Crippen LogP contribution < -0.4 is 11.3 Å². The van der Waals surface area contributed by atoms with Crippen LogP contribution in [0.15, 0.2) is 6.07 Å². The van der Waals surface area contributed by atoms with Crippen molar-refractivity contribution in [2.45, 2.75) is 46.4 Å². The summed E-state index contributed by atoms with van der Waals surface area (Å²) in [6.45, 7) is 9.45. The number of aromatic nitrogens is 2. The van der Waals surface area contributed by atoms with Crippen LogP contribution in [0.25, 0.3) is 0 Å². The van der Waals surface area contributed by atoms with E-state index in [0.717, 1.165) is 17.9 Å². The molecule has 5 heteroatoms. The Morgan fingerprint density at radius 1 is 1.56 bits per heavy atom. The monoisotopic (exact) mass is 226 g/mol. The minimum absolute atomic E-state index is 0.0106. The SMILES string of the molecule is CCn1nc(C)cc1C(COC(C)C)NN. The minimum atomic E-state index is -0.0106. The van der Waals surface area contributed by atoms with Gasteiger partial charge in [0.2, 0.25) is 0 Å². The Labute approximate surface area is 96.9 Å². The first-order valence-electron chi connectivity index (χ1n) is 5.70. The van der Waals surface area contributed by atoms with Crippen LogP contribution in [0.5, 0.6) is 0 Å². The highest BCUT2D eigenvalue weighted by Crippen LogP contribution is 2.15. The van der Waals surface area contributed by atoms with Gasteiger partial charge >= 0.3 is 0 Å². The number of nitrogens with two attached hydrogens (primary N) is 1. The van der Waals surface area contributed by atoms with E-state index in [9.17, 15) is 0 Å². The van der Waals surface area contributed by atoms with E-state index in [1.807, 2.05) is 31.5 Å². The molecule has 3 N–H and O–H groups in total. The van der Waals surface area contributed by atoms with Gasteiger partial charge in [-0.2, -0.15) is 5.10 Å². The third kappa shape index (κ3) is 3.30. The fourth-order valence-electron chi connectivity index (χ4n) is 1.61. The molecule has 16 heavy (non-hydrogen) atoms. The Kier molecular flexibility index (Phi) is 4.92. The summed E-state index contributed by atoms with van der Waals surface area (Å²) in [5.74, 6) is 5.55. The van der Waals surface area contributed by atoms with Gasteiger partial charge < -0.3 is 4.74 Å². The van der Waals surface area contributed by atoms with Crippen molar-refractivity contribution in [3.8, 4) is 0 Å². The van der Waals surface area contributed by atoms with Gasteiger partial charge in [0.25, 0.3) is 0 Å². The predicted octanol–water partition coefficient (Wildman–Crippen LogP) is 1.14. The molecule has 0 aliphatic carbocycles. The van der Waals surface area contributed by atoms with Gasteiger partial charge in [0.05, 0.1) is 30.1 Å². The van der Waals surface area contributed by atoms with Crippen molar-refractivity contribution in [1.29, 1.82) is 0 Å². The number of hydrogen-bond acceptors (Lipinski definition) is 4. The lowest BCUT2D eigenvalue weighted by atomic mass is 10.2. The molecule has 0 aliphatic rings. The largest absolute Gasteiger partial charge is 0.377 e. The molecule has 5 nitrogen and oxygen atoms in total. The van der Waals surface area contributed by atoms with Crippen LogP contribution in [0, 0.1) is 6.92 Å². The summed E-state index contributed by atoms with van der Waals surface area (Å²) in [7, 11) is 0. The smallest absolute Gasteiger partial charge is 0.0862 e. The van der Waals surface area contributed by atoms with Gasteiger partial charge in [0.15, 0.2) is 0 Å². The lowest BCUT2D eigenvalue weighted by Crippen LogP contribution is -2.33. The second-order valence-corrected chi connectivity index (χ2v) is 4.13. The quantitative estimate of drug-likeness (QED) is 0.564. The normalized spacial score (nSPS) is 13.4. The highest BCUT2D eigenvalue weighted by atomic mass is 16.5. The van der Waals surface area contributed by atoms with E-state index >= 15 is 0 Å². The molecule has 1 heterocycles. The van der Waals surface area contributed by atoms with Crippen LogP contribution in [0.2, 0.25) is 0 Å². The third-order valence-corrected chi connectivity index (χ3v) is 2.39. The molecule has 0 aromatic carbocycles. The van der Waals surface area contributed by atoms with Crippen LogP contribution in [-0.4, -0.2) is 22.5 Å². The number of hydrogen-bond donors (Lipinski definition) is 2. The molecular weight excluding hydrogens is 204 g/mol. The summed E-state index contributed by atoms with van der Waals surface area (Å²) in [5, 5.41) is 4.39. The zero-order valence-electron chi connectivity index (χ0n) is 10.5. The summed E-state index contributed by atoms with van der Waals surface area (Å²) in [4.78, 5) is 0. The molecule has 92 valence electrons. The summed E-state index contributed by atoms with van der Waals surface area (Å²) in [6.07, 6.45) is 0.204. The molecule has 1 atom stereocenters. The zero-order valence-corrected chi connectivity index (χ0v) is 10.5. The summed E-state index contributed by atoms with van der Waals surface area (Å²) >= 11 is 0. The van der Waals surface area contributed by atoms with E-state index in [0.29, 0.717) is 6.61 Å². The number of ether oxygens (including phenoxy) is 1. The van der Waals surface area contributed by atoms with Gasteiger partial charge in [-0.1, -0.05) is 0 Å². The maximum atomic E-state index is 5.57. The van der Waals surface area contributed by atoms with Gasteiger partial charge in [-0.05, 0) is 33.8 Å². The molecule has 0 saturated heterocycles. The van der Waals surface area contributed by atoms with Gasteiger partial charge in [-0.15, -0.1) is 0 Å². The van der Waals surface area contributed by atoms with Crippen molar-refractivity contribution in [2.24, 2.45) is 5.84 Å². The predicted molar refractivity (Wildman–Crippen MR) is 63.8 cm³/mol. The molecule has 1 aromatic heterocycles. The molecule has 0 spiro atoms. The van der Waals surface area contributed by atoms with E-state index in [-0.39, 0.29) is 12.1 Å². The maximum absolute atomic E-state index is 5.57. The summed E-state index contributed by atoms with van der Waals surface area (Å²) in [5.41, 5.74) is 4.85. The average Bonchev–Trinajstić information content (AvgIpc) is 2.60. The van der Waals surface area contributed by atoms with Crippen molar-refractivity contribution in [3.05, 3.63) is 17.5 Å². The molecule has 0 fully saturated rings. The van der Waals surface area contributed by atoms with Crippen LogP contribution in [-0.2, 0) is 11.3 Å². The van der Waals surface area contributed by atoms with Gasteiger partial charge in [-0.25, -0.2) is 5.43 Å². The molecule has 1 rings (SSSR count). The second-order valence-electron chi connectivity index (χ2n) is 4.13. The molecular formula is C11H22N4O. The fraction of sp³-hybridized carbons (Fsp3) is 0.727. The van der Waals surface area contributed by atoms with Crippen LogP contribution >= 0.6 is 0 Å². The lowest BCUT2D eigenvalue weighted by molar-refractivity contribution is 0.0594. The van der Waals surface area contributed by atoms with E-state index in [4.69, 9.17) is 10.6 Å². The highest BCUT2D eigenvalue weighted by molar-refractivity contribution is 5.13. The topological polar surface area (TPSA) is 65.1 Å². The van der Waals surface area contributed by atoms with Crippen LogP contribution in [0.1, 0.15) is 38.2 Å². The van der Waals surface area contributed by atoms with Gasteiger partial charge in [-0.3, -0.25) is 10.5 Å².